The third-order valence-electron chi connectivity index (χ3n) is 12.5. The molecular formula is C59H39N3. The summed E-state index contributed by atoms with van der Waals surface area (Å²) in [5.41, 5.74) is 11.9. The second kappa shape index (κ2) is 14.9. The van der Waals surface area contributed by atoms with Gasteiger partial charge >= 0.3 is 0 Å². The summed E-state index contributed by atoms with van der Waals surface area (Å²) in [6.07, 6.45) is 10.6. The number of hydrogen-bond acceptors (Lipinski definition) is 3. The lowest BCUT2D eigenvalue weighted by molar-refractivity contribution is 1.12. The lowest BCUT2D eigenvalue weighted by Gasteiger charge is -2.18. The normalized spacial score (nSPS) is 12.3. The van der Waals surface area contributed by atoms with E-state index in [9.17, 15) is 0 Å². The Balaban J connectivity index is 1.08. The third kappa shape index (κ3) is 6.17. The van der Waals surface area contributed by atoms with Gasteiger partial charge in [0.15, 0.2) is 5.82 Å². The van der Waals surface area contributed by atoms with Crippen LogP contribution in [0.3, 0.4) is 0 Å². The average Bonchev–Trinajstić information content (AvgIpc) is 3.35. The van der Waals surface area contributed by atoms with Crippen molar-refractivity contribution in [1.82, 2.24) is 15.0 Å². The van der Waals surface area contributed by atoms with Gasteiger partial charge in [-0.1, -0.05) is 164 Å². The fraction of sp³-hybridized carbons (Fsp3) is 0.0339. The molecule has 2 heterocycles. The first-order chi connectivity index (χ1) is 30.7. The minimum atomic E-state index is 0.685. The third-order valence-corrected chi connectivity index (χ3v) is 12.5. The summed E-state index contributed by atoms with van der Waals surface area (Å²) in [7, 11) is 0. The van der Waals surface area contributed by atoms with Crippen LogP contribution in [0.25, 0.3) is 123 Å². The molecule has 0 fully saturated rings. The van der Waals surface area contributed by atoms with Crippen molar-refractivity contribution < 1.29 is 0 Å². The molecule has 0 radical (unpaired) electrons. The SMILES string of the molecule is C1=c2c(-c3cccc(-c4nc(-c5cccc(-c6cccnc6)c5)cc(-c5cc6ccccc6c6ccccc56)n4)c3)c3ccccc3c(-c3ccc4ccccc4c3)c2=CCC1. The molecule has 12 rings (SSSR count). The quantitative estimate of drug-likeness (QED) is 0.158. The highest BCUT2D eigenvalue weighted by molar-refractivity contribution is 6.13. The van der Waals surface area contributed by atoms with Crippen LogP contribution in [0.15, 0.2) is 200 Å². The van der Waals surface area contributed by atoms with E-state index in [1.54, 1.807) is 0 Å². The van der Waals surface area contributed by atoms with Crippen molar-refractivity contribution in [3.05, 3.63) is 211 Å². The van der Waals surface area contributed by atoms with Gasteiger partial charge in [0.2, 0.25) is 0 Å². The Morgan fingerprint density at radius 1 is 0.339 bits per heavy atom. The van der Waals surface area contributed by atoms with Crippen LogP contribution in [0.2, 0.25) is 0 Å². The molecule has 0 saturated heterocycles. The number of nitrogens with zero attached hydrogens (tertiary/aromatic N) is 3. The summed E-state index contributed by atoms with van der Waals surface area (Å²) < 4.78 is 0. The summed E-state index contributed by atoms with van der Waals surface area (Å²) in [5.74, 6) is 0.685. The Labute approximate surface area is 359 Å². The Morgan fingerprint density at radius 3 is 1.68 bits per heavy atom. The number of pyridine rings is 1. The van der Waals surface area contributed by atoms with Crippen molar-refractivity contribution in [3.63, 3.8) is 0 Å². The number of benzene rings is 9. The van der Waals surface area contributed by atoms with Crippen LogP contribution in [0.1, 0.15) is 12.8 Å². The van der Waals surface area contributed by atoms with E-state index in [1.165, 1.54) is 64.8 Å². The van der Waals surface area contributed by atoms with E-state index in [4.69, 9.17) is 9.97 Å². The number of fused-ring (bicyclic) bond motifs is 6. The Kier molecular flexibility index (Phi) is 8.64. The van der Waals surface area contributed by atoms with Gasteiger partial charge in [-0.15, -0.1) is 0 Å². The van der Waals surface area contributed by atoms with E-state index in [0.29, 0.717) is 5.82 Å². The Morgan fingerprint density at radius 2 is 0.919 bits per heavy atom. The molecule has 0 amide bonds. The van der Waals surface area contributed by atoms with E-state index >= 15 is 0 Å². The molecule has 0 bridgehead atoms. The monoisotopic (exact) mass is 789 g/mol. The van der Waals surface area contributed by atoms with Crippen LogP contribution in [0, 0.1) is 0 Å². The zero-order valence-corrected chi connectivity index (χ0v) is 34.0. The molecule has 0 N–H and O–H groups in total. The number of hydrogen-bond donors (Lipinski definition) is 0. The molecule has 2 aromatic heterocycles. The highest BCUT2D eigenvalue weighted by atomic mass is 14.9. The molecule has 0 atom stereocenters. The number of aromatic nitrogens is 3. The second-order valence-corrected chi connectivity index (χ2v) is 16.2. The smallest absolute Gasteiger partial charge is 0.160 e. The van der Waals surface area contributed by atoms with Gasteiger partial charge in [-0.2, -0.15) is 0 Å². The Hall–Kier alpha value is -8.01. The first-order valence-corrected chi connectivity index (χ1v) is 21.4. The highest BCUT2D eigenvalue weighted by Crippen LogP contribution is 2.39. The predicted molar refractivity (Wildman–Crippen MR) is 260 cm³/mol. The van der Waals surface area contributed by atoms with E-state index in [0.717, 1.165) is 63.0 Å². The molecule has 0 aliphatic heterocycles. The second-order valence-electron chi connectivity index (χ2n) is 16.2. The maximum atomic E-state index is 5.47. The van der Waals surface area contributed by atoms with Crippen LogP contribution in [0.4, 0.5) is 0 Å². The molecule has 1 aliphatic rings. The molecular weight excluding hydrogens is 751 g/mol. The van der Waals surface area contributed by atoms with Gasteiger partial charge in [0.25, 0.3) is 0 Å². The van der Waals surface area contributed by atoms with Crippen molar-refractivity contribution in [2.24, 2.45) is 0 Å². The maximum Gasteiger partial charge on any atom is 0.160 e. The number of rotatable bonds is 6. The average molecular weight is 790 g/mol. The van der Waals surface area contributed by atoms with E-state index in [2.05, 4.69) is 199 Å². The minimum absolute atomic E-state index is 0.685. The van der Waals surface area contributed by atoms with Crippen LogP contribution < -0.4 is 10.4 Å². The van der Waals surface area contributed by atoms with Crippen molar-refractivity contribution in [2.75, 3.05) is 0 Å². The molecule has 9 aromatic carbocycles. The zero-order chi connectivity index (χ0) is 41.0. The fourth-order valence-corrected chi connectivity index (χ4v) is 9.66. The van der Waals surface area contributed by atoms with Crippen molar-refractivity contribution in [2.45, 2.75) is 12.8 Å². The molecule has 62 heavy (non-hydrogen) atoms. The molecule has 290 valence electrons. The van der Waals surface area contributed by atoms with Gasteiger partial charge in [-0.05, 0) is 131 Å². The lowest BCUT2D eigenvalue weighted by Crippen LogP contribution is -2.31. The van der Waals surface area contributed by atoms with Crippen molar-refractivity contribution >= 4 is 55.2 Å². The molecule has 0 saturated carbocycles. The summed E-state index contributed by atoms with van der Waals surface area (Å²) in [6, 6.07) is 67.8. The highest BCUT2D eigenvalue weighted by Gasteiger charge is 2.19. The minimum Gasteiger partial charge on any atom is -0.264 e. The van der Waals surface area contributed by atoms with Gasteiger partial charge in [0.05, 0.1) is 11.4 Å². The van der Waals surface area contributed by atoms with Gasteiger partial charge in [0, 0.05) is 34.6 Å². The first kappa shape index (κ1) is 35.9. The van der Waals surface area contributed by atoms with Crippen LogP contribution in [-0.2, 0) is 0 Å². The molecule has 11 aromatic rings. The molecule has 1 aliphatic carbocycles. The van der Waals surface area contributed by atoms with Crippen LogP contribution in [0.5, 0.6) is 0 Å². The van der Waals surface area contributed by atoms with Crippen molar-refractivity contribution in [3.8, 4) is 67.3 Å². The van der Waals surface area contributed by atoms with Gasteiger partial charge in [-0.3, -0.25) is 4.98 Å². The Bertz CT molecular complexity index is 3700. The summed E-state index contributed by atoms with van der Waals surface area (Å²) in [5, 5.41) is 12.4. The summed E-state index contributed by atoms with van der Waals surface area (Å²) in [4.78, 5) is 15.3. The van der Waals surface area contributed by atoms with Crippen molar-refractivity contribution in [1.29, 1.82) is 0 Å². The van der Waals surface area contributed by atoms with E-state index < -0.39 is 0 Å². The lowest BCUT2D eigenvalue weighted by atomic mass is 9.85. The van der Waals surface area contributed by atoms with E-state index in [1.807, 2.05) is 18.5 Å². The summed E-state index contributed by atoms with van der Waals surface area (Å²) >= 11 is 0. The molecule has 3 heteroatoms. The molecule has 3 nitrogen and oxygen atoms in total. The molecule has 0 spiro atoms. The predicted octanol–water partition coefficient (Wildman–Crippen LogP) is 13.8. The van der Waals surface area contributed by atoms with Crippen LogP contribution in [-0.4, -0.2) is 15.0 Å². The standard InChI is InChI=1S/C59H39N3/c1-2-15-39-33-44(30-29-38(39)14-1)58-52-27-9-7-25-50(52)57(51-26-8-10-28-53(51)58)43-19-12-20-45(34-43)59-61-55(42-18-11-17-40(32-42)46-21-13-31-60-37-46)36-56(62-59)54-35-41-16-3-4-22-47(41)48-23-5-6-24-49(48)54/h1-7,9,11-37H,8,10H2. The topological polar surface area (TPSA) is 38.7 Å². The summed E-state index contributed by atoms with van der Waals surface area (Å²) in [6.45, 7) is 0. The van der Waals surface area contributed by atoms with Gasteiger partial charge in [0.1, 0.15) is 0 Å². The maximum absolute atomic E-state index is 5.47. The first-order valence-electron chi connectivity index (χ1n) is 21.4. The van der Waals surface area contributed by atoms with Crippen LogP contribution >= 0.6 is 0 Å². The zero-order valence-electron chi connectivity index (χ0n) is 34.0. The molecule has 0 unspecified atom stereocenters. The van der Waals surface area contributed by atoms with Gasteiger partial charge < -0.3 is 0 Å². The van der Waals surface area contributed by atoms with E-state index in [-0.39, 0.29) is 0 Å². The van der Waals surface area contributed by atoms with Gasteiger partial charge in [-0.25, -0.2) is 9.97 Å². The fourth-order valence-electron chi connectivity index (χ4n) is 9.66. The largest absolute Gasteiger partial charge is 0.264 e.